The molecule has 2 heterocycles. The first-order valence-electron chi connectivity index (χ1n) is 6.10. The van der Waals surface area contributed by atoms with Crippen LogP contribution in [-0.4, -0.2) is 30.1 Å². The lowest BCUT2D eigenvalue weighted by molar-refractivity contribution is 0.114. The zero-order chi connectivity index (χ0) is 13.7. The molecule has 0 spiro atoms. The number of nitrogens with one attached hydrogen (secondary N) is 2. The Morgan fingerprint density at radius 3 is 3.11 bits per heavy atom. The number of hydrazone groups is 1. The molecule has 7 heteroatoms. The van der Waals surface area contributed by atoms with E-state index in [-0.39, 0.29) is 6.10 Å². The summed E-state index contributed by atoms with van der Waals surface area (Å²) in [6.07, 6.45) is 2.48. The van der Waals surface area contributed by atoms with E-state index in [9.17, 15) is 0 Å². The molecule has 4 nitrogen and oxygen atoms in total. The zero-order valence-electron chi connectivity index (χ0n) is 10.6. The van der Waals surface area contributed by atoms with Crippen LogP contribution in [0.4, 0.5) is 0 Å². The summed E-state index contributed by atoms with van der Waals surface area (Å²) in [5.41, 5.74) is 3.69. The number of hydrogen-bond donors (Lipinski definition) is 2. The smallest absolute Gasteiger partial charge is 0.187 e. The quantitative estimate of drug-likeness (QED) is 0.509. The minimum Gasteiger partial charge on any atom is -0.376 e. The van der Waals surface area contributed by atoms with Crippen LogP contribution in [0.2, 0.25) is 4.34 Å². The molecule has 0 radical (unpaired) electrons. The van der Waals surface area contributed by atoms with Crippen molar-refractivity contribution in [1.82, 2.24) is 10.7 Å². The van der Waals surface area contributed by atoms with Gasteiger partial charge < -0.3 is 10.1 Å². The minimum atomic E-state index is 0.265. The average molecular weight is 318 g/mol. The number of thiophene rings is 1. The van der Waals surface area contributed by atoms with E-state index in [2.05, 4.69) is 15.8 Å². The van der Waals surface area contributed by atoms with Crippen molar-refractivity contribution in [3.05, 3.63) is 21.3 Å². The van der Waals surface area contributed by atoms with E-state index in [0.717, 1.165) is 40.9 Å². The molecular weight excluding hydrogens is 302 g/mol. The third kappa shape index (κ3) is 4.72. The summed E-state index contributed by atoms with van der Waals surface area (Å²) in [6, 6.07) is 3.80. The summed E-state index contributed by atoms with van der Waals surface area (Å²) in [4.78, 5) is 1.03. The van der Waals surface area contributed by atoms with Crippen LogP contribution < -0.4 is 10.7 Å². The molecule has 0 unspecified atom stereocenters. The van der Waals surface area contributed by atoms with Gasteiger partial charge in [-0.05, 0) is 44.1 Å². The van der Waals surface area contributed by atoms with Gasteiger partial charge in [0.1, 0.15) is 0 Å². The van der Waals surface area contributed by atoms with Crippen molar-refractivity contribution in [2.24, 2.45) is 5.10 Å². The van der Waals surface area contributed by atoms with E-state index in [4.69, 9.17) is 28.6 Å². The highest BCUT2D eigenvalue weighted by Crippen LogP contribution is 2.21. The summed E-state index contributed by atoms with van der Waals surface area (Å²) in [7, 11) is 0. The van der Waals surface area contributed by atoms with E-state index in [1.807, 2.05) is 19.1 Å². The van der Waals surface area contributed by atoms with Crippen LogP contribution in [0.3, 0.4) is 0 Å². The standard InChI is InChI=1S/C12H16ClN3OS2/c1-8(10-4-5-11(13)19-10)15-16-12(18)14-7-9-3-2-6-17-9/h4-5,9H,2-3,6-7H2,1H3,(H2,14,16,18)/b15-8-/t9-/m0/s1. The molecule has 1 aromatic heterocycles. The van der Waals surface area contributed by atoms with Crippen molar-refractivity contribution in [2.75, 3.05) is 13.2 Å². The second kappa shape index (κ2) is 7.19. The first-order valence-corrected chi connectivity index (χ1v) is 7.71. The van der Waals surface area contributed by atoms with Gasteiger partial charge in [0, 0.05) is 13.2 Å². The fourth-order valence-corrected chi connectivity index (χ4v) is 2.87. The lowest BCUT2D eigenvalue weighted by Gasteiger charge is -2.12. The Hall–Kier alpha value is -0.690. The summed E-state index contributed by atoms with van der Waals surface area (Å²) in [5.74, 6) is 0. The van der Waals surface area contributed by atoms with Gasteiger partial charge in [0.2, 0.25) is 0 Å². The third-order valence-corrected chi connectivity index (χ3v) is 4.34. The van der Waals surface area contributed by atoms with E-state index in [1.54, 1.807) is 0 Å². The Balaban J connectivity index is 1.75. The normalized spacial score (nSPS) is 19.5. The first-order chi connectivity index (χ1) is 9.15. The highest BCUT2D eigenvalue weighted by atomic mass is 35.5. The summed E-state index contributed by atoms with van der Waals surface area (Å²) in [5, 5.41) is 7.84. The van der Waals surface area contributed by atoms with E-state index in [1.165, 1.54) is 11.3 Å². The maximum atomic E-state index is 5.88. The van der Waals surface area contributed by atoms with Crippen molar-refractivity contribution in [3.63, 3.8) is 0 Å². The highest BCUT2D eigenvalue weighted by molar-refractivity contribution is 7.80. The van der Waals surface area contributed by atoms with Crippen molar-refractivity contribution in [1.29, 1.82) is 0 Å². The summed E-state index contributed by atoms with van der Waals surface area (Å²) >= 11 is 12.5. The lowest BCUT2D eigenvalue weighted by Crippen LogP contribution is -2.37. The van der Waals surface area contributed by atoms with Crippen molar-refractivity contribution in [2.45, 2.75) is 25.9 Å². The molecule has 1 saturated heterocycles. The Morgan fingerprint density at radius 1 is 1.63 bits per heavy atom. The molecule has 0 aliphatic carbocycles. The van der Waals surface area contributed by atoms with Gasteiger partial charge >= 0.3 is 0 Å². The van der Waals surface area contributed by atoms with E-state index >= 15 is 0 Å². The number of halogens is 1. The van der Waals surface area contributed by atoms with Gasteiger partial charge in [0.05, 0.1) is 21.0 Å². The Labute approximate surface area is 127 Å². The van der Waals surface area contributed by atoms with Crippen LogP contribution in [0, 0.1) is 0 Å². The number of ether oxygens (including phenoxy) is 1. The Bertz CT molecular complexity index is 469. The van der Waals surface area contributed by atoms with Gasteiger partial charge in [-0.3, -0.25) is 5.43 Å². The number of hydrogen-bond acceptors (Lipinski definition) is 4. The molecule has 0 aromatic carbocycles. The summed E-state index contributed by atoms with van der Waals surface area (Å²) < 4.78 is 6.26. The number of rotatable bonds is 4. The monoisotopic (exact) mass is 317 g/mol. The van der Waals surface area contributed by atoms with Crippen molar-refractivity contribution in [3.8, 4) is 0 Å². The Morgan fingerprint density at radius 2 is 2.47 bits per heavy atom. The van der Waals surface area contributed by atoms with Crippen LogP contribution in [0.5, 0.6) is 0 Å². The molecule has 1 atom stereocenters. The minimum absolute atomic E-state index is 0.265. The van der Waals surface area contributed by atoms with Crippen LogP contribution in [-0.2, 0) is 4.74 Å². The van der Waals surface area contributed by atoms with Crippen LogP contribution >= 0.6 is 35.2 Å². The molecule has 1 aliphatic rings. The lowest BCUT2D eigenvalue weighted by atomic mass is 10.2. The molecule has 104 valence electrons. The van der Waals surface area contributed by atoms with Gasteiger partial charge in [-0.1, -0.05) is 11.6 Å². The fourth-order valence-electron chi connectivity index (χ4n) is 1.75. The summed E-state index contributed by atoms with van der Waals surface area (Å²) in [6.45, 7) is 3.49. The number of thiocarbonyl (C=S) groups is 1. The maximum Gasteiger partial charge on any atom is 0.187 e. The average Bonchev–Trinajstić information content (AvgIpc) is 3.04. The molecule has 2 N–H and O–H groups in total. The van der Waals surface area contributed by atoms with Crippen LogP contribution in [0.15, 0.2) is 17.2 Å². The molecule has 1 fully saturated rings. The fraction of sp³-hybridized carbons (Fsp3) is 0.500. The maximum absolute atomic E-state index is 5.88. The molecule has 0 amide bonds. The molecule has 0 bridgehead atoms. The van der Waals surface area contributed by atoms with Crippen LogP contribution in [0.25, 0.3) is 0 Å². The second-order valence-corrected chi connectivity index (χ2v) is 6.38. The van der Waals surface area contributed by atoms with E-state index < -0.39 is 0 Å². The topological polar surface area (TPSA) is 45.7 Å². The highest BCUT2D eigenvalue weighted by Gasteiger charge is 2.15. The first kappa shape index (κ1) is 14.7. The van der Waals surface area contributed by atoms with Gasteiger partial charge in [-0.2, -0.15) is 5.10 Å². The van der Waals surface area contributed by atoms with Crippen LogP contribution in [0.1, 0.15) is 24.6 Å². The van der Waals surface area contributed by atoms with Gasteiger partial charge in [-0.25, -0.2) is 0 Å². The van der Waals surface area contributed by atoms with Crippen molar-refractivity contribution < 1.29 is 4.74 Å². The van der Waals surface area contributed by atoms with Gasteiger partial charge in [0.15, 0.2) is 5.11 Å². The molecule has 0 saturated carbocycles. The number of nitrogens with zero attached hydrogens (tertiary/aromatic N) is 1. The Kier molecular flexibility index (Phi) is 5.57. The predicted molar refractivity (Wildman–Crippen MR) is 84.3 cm³/mol. The molecule has 2 rings (SSSR count). The molecule has 19 heavy (non-hydrogen) atoms. The molecule has 1 aliphatic heterocycles. The predicted octanol–water partition coefficient (Wildman–Crippen LogP) is 2.77. The molecule has 1 aromatic rings. The second-order valence-electron chi connectivity index (χ2n) is 4.26. The third-order valence-electron chi connectivity index (χ3n) is 2.77. The molecular formula is C12H16ClN3OS2. The van der Waals surface area contributed by atoms with Crippen molar-refractivity contribution >= 4 is 46.0 Å². The SMILES string of the molecule is C/C(=N/NC(=S)NC[C@@H]1CCCO1)c1ccc(Cl)s1. The largest absolute Gasteiger partial charge is 0.376 e. The zero-order valence-corrected chi connectivity index (χ0v) is 13.0. The van der Waals surface area contributed by atoms with Gasteiger partial charge in [-0.15, -0.1) is 11.3 Å². The van der Waals surface area contributed by atoms with Gasteiger partial charge in [0.25, 0.3) is 0 Å². The van der Waals surface area contributed by atoms with E-state index in [0.29, 0.717) is 5.11 Å².